The third kappa shape index (κ3) is 4.03. The topological polar surface area (TPSA) is 64.7 Å². The van der Waals surface area contributed by atoms with Crippen LogP contribution in [0, 0.1) is 6.92 Å². The van der Waals surface area contributed by atoms with Crippen LogP contribution >= 0.6 is 11.6 Å². The quantitative estimate of drug-likeness (QED) is 0.491. The Labute approximate surface area is 180 Å². The summed E-state index contributed by atoms with van der Waals surface area (Å²) in [4.78, 5) is 17.6. The van der Waals surface area contributed by atoms with Crippen LogP contribution in [0.2, 0.25) is 5.02 Å². The predicted octanol–water partition coefficient (Wildman–Crippen LogP) is 5.93. The number of nitrogens with zero attached hydrogens (tertiary/aromatic N) is 2. The zero-order valence-corrected chi connectivity index (χ0v) is 18.2. The van der Waals surface area contributed by atoms with Gasteiger partial charge in [0.15, 0.2) is 5.76 Å². The van der Waals surface area contributed by atoms with E-state index in [1.54, 1.807) is 0 Å². The van der Waals surface area contributed by atoms with Crippen LogP contribution in [-0.4, -0.2) is 22.4 Å². The molecule has 154 valence electrons. The summed E-state index contributed by atoms with van der Waals surface area (Å²) in [5.74, 6) is 0.243. The number of aromatic nitrogens is 1. The molecule has 0 bridgehead atoms. The van der Waals surface area contributed by atoms with Crippen molar-refractivity contribution in [3.8, 4) is 11.1 Å². The fraction of sp³-hybridized carbons (Fsp3) is 0.292. The van der Waals surface area contributed by atoms with Crippen molar-refractivity contribution in [1.29, 1.82) is 0 Å². The minimum absolute atomic E-state index is 0.0595. The van der Waals surface area contributed by atoms with Crippen molar-refractivity contribution >= 4 is 23.3 Å². The lowest BCUT2D eigenvalue weighted by molar-refractivity contribution is -0.155. The van der Waals surface area contributed by atoms with Gasteiger partial charge >= 0.3 is 5.97 Å². The van der Waals surface area contributed by atoms with E-state index < -0.39 is 11.6 Å². The van der Waals surface area contributed by atoms with Gasteiger partial charge in [-0.15, -0.1) is 0 Å². The summed E-state index contributed by atoms with van der Waals surface area (Å²) in [6.45, 7) is 7.44. The Balaban J connectivity index is 1.87. The predicted molar refractivity (Wildman–Crippen MR) is 117 cm³/mol. The number of aryl methyl sites for hydroxylation is 1. The first-order chi connectivity index (χ1) is 14.2. The summed E-state index contributed by atoms with van der Waals surface area (Å²) in [7, 11) is 0. The standard InChI is InChI=1S/C24H23ClN2O3/c1-14-21-17-7-5-6-8-18(17)22(15-9-11-16(25)12-10-15)26-19(23(21)30-27-14)13-20(28)29-24(2,3)4/h5-12,19H,13H2,1-4H3/t19-/m1/s1. The van der Waals surface area contributed by atoms with Crippen LogP contribution in [0.5, 0.6) is 0 Å². The van der Waals surface area contributed by atoms with Gasteiger partial charge in [0.2, 0.25) is 0 Å². The number of hydrogen-bond donors (Lipinski definition) is 0. The smallest absolute Gasteiger partial charge is 0.308 e. The maximum absolute atomic E-state index is 12.6. The van der Waals surface area contributed by atoms with Crippen LogP contribution in [-0.2, 0) is 9.53 Å². The van der Waals surface area contributed by atoms with Crippen molar-refractivity contribution in [3.05, 3.63) is 76.1 Å². The molecule has 1 aliphatic rings. The Morgan fingerprint density at radius 2 is 1.77 bits per heavy atom. The second-order valence-electron chi connectivity index (χ2n) is 8.34. The molecular formula is C24H23ClN2O3. The van der Waals surface area contributed by atoms with Gasteiger partial charge in [-0.1, -0.05) is 53.2 Å². The minimum Gasteiger partial charge on any atom is -0.460 e. The van der Waals surface area contributed by atoms with Gasteiger partial charge in [-0.2, -0.15) is 0 Å². The second kappa shape index (κ2) is 7.73. The van der Waals surface area contributed by atoms with Crippen molar-refractivity contribution in [1.82, 2.24) is 5.16 Å². The number of ether oxygens (including phenoxy) is 1. The summed E-state index contributed by atoms with van der Waals surface area (Å²) in [5.41, 5.74) is 4.70. The molecule has 2 aromatic carbocycles. The minimum atomic E-state index is -0.576. The summed E-state index contributed by atoms with van der Waals surface area (Å²) >= 11 is 6.09. The van der Waals surface area contributed by atoms with Gasteiger partial charge in [-0.3, -0.25) is 9.79 Å². The number of fused-ring (bicyclic) bond motifs is 3. The van der Waals surface area contributed by atoms with Crippen LogP contribution in [0.3, 0.4) is 0 Å². The molecule has 1 aromatic heterocycles. The monoisotopic (exact) mass is 422 g/mol. The molecule has 0 spiro atoms. The Bertz CT molecular complexity index is 1120. The Kier molecular flexibility index (Phi) is 5.24. The van der Waals surface area contributed by atoms with Gasteiger partial charge in [-0.25, -0.2) is 0 Å². The normalized spacial score (nSPS) is 15.6. The third-order valence-electron chi connectivity index (χ3n) is 4.83. The molecule has 1 atom stereocenters. The van der Waals surface area contributed by atoms with Crippen molar-refractivity contribution in [3.63, 3.8) is 0 Å². The van der Waals surface area contributed by atoms with E-state index in [0.29, 0.717) is 10.8 Å². The molecule has 5 nitrogen and oxygen atoms in total. The molecule has 0 saturated heterocycles. The van der Waals surface area contributed by atoms with Crippen LogP contribution in [0.4, 0.5) is 0 Å². The molecule has 2 heterocycles. The zero-order chi connectivity index (χ0) is 21.5. The first kappa shape index (κ1) is 20.4. The van der Waals surface area contributed by atoms with E-state index in [1.165, 1.54) is 0 Å². The molecule has 0 amide bonds. The first-order valence-electron chi connectivity index (χ1n) is 9.84. The average molecular weight is 423 g/mol. The van der Waals surface area contributed by atoms with Crippen molar-refractivity contribution < 1.29 is 14.1 Å². The highest BCUT2D eigenvalue weighted by Gasteiger charge is 2.32. The van der Waals surface area contributed by atoms with Gasteiger partial charge < -0.3 is 9.26 Å². The molecule has 6 heteroatoms. The molecule has 0 saturated carbocycles. The second-order valence-corrected chi connectivity index (χ2v) is 8.78. The Hall–Kier alpha value is -2.92. The maximum atomic E-state index is 12.6. The largest absolute Gasteiger partial charge is 0.460 e. The number of rotatable bonds is 3. The molecule has 4 rings (SSSR count). The zero-order valence-electron chi connectivity index (χ0n) is 17.4. The fourth-order valence-corrected chi connectivity index (χ4v) is 3.78. The van der Waals surface area contributed by atoms with Gasteiger partial charge in [0.1, 0.15) is 11.6 Å². The van der Waals surface area contributed by atoms with E-state index >= 15 is 0 Å². The van der Waals surface area contributed by atoms with Crippen LogP contribution < -0.4 is 0 Å². The summed E-state index contributed by atoms with van der Waals surface area (Å²) in [6.07, 6.45) is 0.0595. The van der Waals surface area contributed by atoms with Crippen LogP contribution in [0.1, 0.15) is 55.8 Å². The van der Waals surface area contributed by atoms with Crippen molar-refractivity contribution in [2.75, 3.05) is 0 Å². The molecule has 0 radical (unpaired) electrons. The molecule has 3 aromatic rings. The molecule has 30 heavy (non-hydrogen) atoms. The average Bonchev–Trinajstić information content (AvgIpc) is 2.99. The molecule has 1 aliphatic heterocycles. The number of halogens is 1. The summed E-state index contributed by atoms with van der Waals surface area (Å²) < 4.78 is 11.2. The molecule has 0 fully saturated rings. The number of esters is 1. The summed E-state index contributed by atoms with van der Waals surface area (Å²) in [5, 5.41) is 4.82. The van der Waals surface area contributed by atoms with Crippen LogP contribution in [0.15, 0.2) is 58.0 Å². The molecule has 0 unspecified atom stereocenters. The SMILES string of the molecule is Cc1noc2c1-c1ccccc1C(c1ccc(Cl)cc1)=N[C@@H]2CC(=O)OC(C)(C)C. The first-order valence-corrected chi connectivity index (χ1v) is 10.2. The van der Waals surface area contributed by atoms with Crippen molar-refractivity contribution in [2.24, 2.45) is 4.99 Å². The van der Waals surface area contributed by atoms with E-state index in [1.807, 2.05) is 76.2 Å². The number of hydrogen-bond acceptors (Lipinski definition) is 5. The number of aliphatic imine (C=N–C) groups is 1. The van der Waals surface area contributed by atoms with E-state index in [9.17, 15) is 4.79 Å². The molecular weight excluding hydrogens is 400 g/mol. The van der Waals surface area contributed by atoms with Crippen LogP contribution in [0.25, 0.3) is 11.1 Å². The summed E-state index contributed by atoms with van der Waals surface area (Å²) in [6, 6.07) is 15.0. The highest BCUT2D eigenvalue weighted by molar-refractivity contribution is 6.30. The van der Waals surface area contributed by atoms with Gasteiger partial charge in [0.25, 0.3) is 0 Å². The molecule has 0 aliphatic carbocycles. The lowest BCUT2D eigenvalue weighted by Crippen LogP contribution is -2.24. The number of benzene rings is 2. The lowest BCUT2D eigenvalue weighted by Gasteiger charge is -2.20. The maximum Gasteiger partial charge on any atom is 0.308 e. The number of carbonyl (C=O) groups is 1. The van der Waals surface area contributed by atoms with E-state index in [-0.39, 0.29) is 12.4 Å². The lowest BCUT2D eigenvalue weighted by atomic mass is 9.93. The fourth-order valence-electron chi connectivity index (χ4n) is 3.65. The Morgan fingerprint density at radius 3 is 2.43 bits per heavy atom. The van der Waals surface area contributed by atoms with E-state index in [2.05, 4.69) is 5.16 Å². The Morgan fingerprint density at radius 1 is 1.10 bits per heavy atom. The number of carbonyl (C=O) groups excluding carboxylic acids is 1. The van der Waals surface area contributed by atoms with Gasteiger partial charge in [-0.05, 0) is 45.4 Å². The van der Waals surface area contributed by atoms with E-state index in [4.69, 9.17) is 25.9 Å². The molecule has 0 N–H and O–H groups in total. The van der Waals surface area contributed by atoms with Gasteiger partial charge in [0, 0.05) is 16.1 Å². The van der Waals surface area contributed by atoms with Gasteiger partial charge in [0.05, 0.1) is 23.4 Å². The highest BCUT2D eigenvalue weighted by Crippen LogP contribution is 2.41. The van der Waals surface area contributed by atoms with Crippen molar-refractivity contribution in [2.45, 2.75) is 45.8 Å². The van der Waals surface area contributed by atoms with E-state index in [0.717, 1.165) is 33.7 Å². The third-order valence-corrected chi connectivity index (χ3v) is 5.08. The highest BCUT2D eigenvalue weighted by atomic mass is 35.5.